The fraction of sp³-hybridized carbons (Fsp3) is 0.333. The van der Waals surface area contributed by atoms with Gasteiger partial charge in [-0.2, -0.15) is 0 Å². The van der Waals surface area contributed by atoms with E-state index in [9.17, 15) is 19.5 Å². The average molecular weight is 522 g/mol. The highest BCUT2D eigenvalue weighted by Crippen LogP contribution is 2.25. The first-order chi connectivity index (χ1) is 16.5. The van der Waals surface area contributed by atoms with Gasteiger partial charge in [0.05, 0.1) is 0 Å². The van der Waals surface area contributed by atoms with Crippen LogP contribution in [-0.4, -0.2) is 46.0 Å². The smallest absolute Gasteiger partial charge is 0.345 e. The van der Waals surface area contributed by atoms with Crippen LogP contribution in [0.4, 0.5) is 0 Å². The number of hydrogen-bond acceptors (Lipinski definition) is 5. The average Bonchev–Trinajstić information content (AvgIpc) is 2.78. The van der Waals surface area contributed by atoms with Gasteiger partial charge in [0.15, 0.2) is 11.6 Å². The molecule has 188 valence electrons. The largest absolute Gasteiger partial charge is 0.478 e. The van der Waals surface area contributed by atoms with E-state index < -0.39 is 23.4 Å². The van der Waals surface area contributed by atoms with Gasteiger partial charge in [0.2, 0.25) is 11.8 Å². The van der Waals surface area contributed by atoms with Crippen LogP contribution < -0.4 is 16.8 Å². The Morgan fingerprint density at radius 2 is 1.69 bits per heavy atom. The lowest BCUT2D eigenvalue weighted by atomic mass is 9.98. The molecule has 11 heteroatoms. The quantitative estimate of drug-likeness (QED) is 0.145. The summed E-state index contributed by atoms with van der Waals surface area (Å²) in [6, 6.07) is 14.0. The van der Waals surface area contributed by atoms with E-state index in [-0.39, 0.29) is 38.3 Å². The summed E-state index contributed by atoms with van der Waals surface area (Å²) in [5.74, 6) is -2.86. The van der Waals surface area contributed by atoms with Gasteiger partial charge in [-0.3, -0.25) is 24.8 Å². The number of nitrogens with one attached hydrogen (secondary N) is 1. The number of hydrogen-bond donors (Lipinski definition) is 4. The number of amides is 2. The van der Waals surface area contributed by atoms with Gasteiger partial charge in [0.1, 0.15) is 0 Å². The number of aryl methyl sites for hydroxylation is 1. The predicted octanol–water partition coefficient (Wildman–Crippen LogP) is 2.93. The molecule has 0 saturated carbocycles. The first-order valence-electron chi connectivity index (χ1n) is 10.9. The molecule has 0 spiro atoms. The van der Waals surface area contributed by atoms with Gasteiger partial charge < -0.3 is 16.6 Å². The molecule has 0 aliphatic rings. The summed E-state index contributed by atoms with van der Waals surface area (Å²) in [6.45, 7) is 1.25. The van der Waals surface area contributed by atoms with Crippen LogP contribution in [0.3, 0.4) is 0 Å². The van der Waals surface area contributed by atoms with Gasteiger partial charge in [-0.15, -0.1) is 0 Å². The first-order valence-corrected chi connectivity index (χ1v) is 11.7. The van der Waals surface area contributed by atoms with Crippen LogP contribution in [0.1, 0.15) is 37.3 Å². The molecule has 35 heavy (non-hydrogen) atoms. The summed E-state index contributed by atoms with van der Waals surface area (Å²) < 4.78 is 0. The van der Waals surface area contributed by atoms with Crippen molar-refractivity contribution in [3.05, 3.63) is 69.7 Å². The maximum Gasteiger partial charge on any atom is 0.345 e. The number of nitrogens with zero attached hydrogens (tertiary/aromatic N) is 2. The summed E-state index contributed by atoms with van der Waals surface area (Å²) in [5, 5.41) is 14.0. The third-order valence-corrected chi connectivity index (χ3v) is 5.70. The minimum absolute atomic E-state index is 0.0232. The molecule has 0 radical (unpaired) electrons. The van der Waals surface area contributed by atoms with E-state index in [0.29, 0.717) is 22.0 Å². The van der Waals surface area contributed by atoms with Crippen molar-refractivity contribution >= 4 is 46.9 Å². The van der Waals surface area contributed by atoms with Crippen LogP contribution in [-0.2, 0) is 27.3 Å². The zero-order chi connectivity index (χ0) is 26.0. The Morgan fingerprint density at radius 1 is 1.06 bits per heavy atom. The van der Waals surface area contributed by atoms with Gasteiger partial charge in [0, 0.05) is 36.5 Å². The molecule has 2 aromatic rings. The van der Waals surface area contributed by atoms with Crippen molar-refractivity contribution in [2.45, 2.75) is 44.8 Å². The summed E-state index contributed by atoms with van der Waals surface area (Å²) in [6.07, 6.45) is 0.335. The van der Waals surface area contributed by atoms with Crippen molar-refractivity contribution in [2.75, 3.05) is 6.54 Å². The molecule has 2 amide bonds. The molecule has 0 aromatic heterocycles. The Morgan fingerprint density at radius 3 is 2.23 bits per heavy atom. The number of carbonyl (C=O) groups is 3. The van der Waals surface area contributed by atoms with Crippen molar-refractivity contribution in [1.29, 1.82) is 0 Å². The molecule has 0 heterocycles. The highest BCUT2D eigenvalue weighted by atomic mass is 35.5. The second-order valence-corrected chi connectivity index (χ2v) is 8.81. The van der Waals surface area contributed by atoms with E-state index in [1.807, 2.05) is 30.3 Å². The lowest BCUT2D eigenvalue weighted by Gasteiger charge is -2.39. The minimum atomic E-state index is -2.05. The molecule has 0 bridgehead atoms. The van der Waals surface area contributed by atoms with Gasteiger partial charge >= 0.3 is 5.97 Å². The number of carboxylic acid groups (broad SMARTS) is 1. The van der Waals surface area contributed by atoms with E-state index in [2.05, 4.69) is 10.3 Å². The molecule has 6 N–H and O–H groups in total. The van der Waals surface area contributed by atoms with Crippen LogP contribution >= 0.6 is 23.2 Å². The highest BCUT2D eigenvalue weighted by molar-refractivity contribution is 6.34. The zero-order valence-corrected chi connectivity index (χ0v) is 20.9. The molecular weight excluding hydrogens is 493 g/mol. The van der Waals surface area contributed by atoms with Crippen molar-refractivity contribution in [3.8, 4) is 0 Å². The Balaban J connectivity index is 2.38. The number of halogens is 2. The summed E-state index contributed by atoms with van der Waals surface area (Å²) in [5.41, 5.74) is 10.2. The molecule has 1 atom stereocenters. The van der Waals surface area contributed by atoms with Crippen molar-refractivity contribution in [3.63, 3.8) is 0 Å². The number of benzene rings is 2. The lowest BCUT2D eigenvalue weighted by molar-refractivity contribution is -0.169. The van der Waals surface area contributed by atoms with E-state index in [1.165, 1.54) is 0 Å². The number of carbonyl (C=O) groups excluding carboxylic acids is 2. The number of aliphatic imine (C=N–C) groups is 1. The fourth-order valence-corrected chi connectivity index (χ4v) is 4.30. The van der Waals surface area contributed by atoms with E-state index in [0.717, 1.165) is 17.4 Å². The molecule has 0 aliphatic heterocycles. The minimum Gasteiger partial charge on any atom is -0.478 e. The number of carboxylic acids is 1. The van der Waals surface area contributed by atoms with Gasteiger partial charge in [-0.05, 0) is 48.6 Å². The standard InChI is InChI=1S/C24H29Cl2N5O4/c1-16(32)31(21(33)9-8-17-6-3-2-4-7-17)24(22(34)35,10-5-11-29-23(27)28)30-15-18-12-19(25)14-20(26)13-18/h2-4,6-7,12-14,30H,5,8-11,15H2,1H3,(H,34,35)(H4,27,28,29)/t24-/m0/s1. The van der Waals surface area contributed by atoms with Crippen LogP contribution in [0, 0.1) is 0 Å². The van der Waals surface area contributed by atoms with Gasteiger partial charge in [-0.25, -0.2) is 4.79 Å². The van der Waals surface area contributed by atoms with Gasteiger partial charge in [-0.1, -0.05) is 53.5 Å². The Bertz CT molecular complexity index is 1060. The number of aliphatic carboxylic acids is 1. The van der Waals surface area contributed by atoms with E-state index in [1.54, 1.807) is 18.2 Å². The molecule has 9 nitrogen and oxygen atoms in total. The highest BCUT2D eigenvalue weighted by Gasteiger charge is 2.48. The Kier molecular flexibility index (Phi) is 10.5. The Hall–Kier alpha value is -3.14. The van der Waals surface area contributed by atoms with Crippen molar-refractivity contribution in [1.82, 2.24) is 10.2 Å². The molecule has 2 aromatic carbocycles. The zero-order valence-electron chi connectivity index (χ0n) is 19.3. The lowest BCUT2D eigenvalue weighted by Crippen LogP contribution is -2.67. The number of rotatable bonds is 12. The molecule has 0 saturated heterocycles. The van der Waals surface area contributed by atoms with Crippen LogP contribution in [0.2, 0.25) is 10.0 Å². The second-order valence-electron chi connectivity index (χ2n) is 7.94. The molecule has 0 fully saturated rings. The molecular formula is C24H29Cl2N5O4. The third kappa shape index (κ3) is 8.24. The Labute approximate surface area is 214 Å². The SMILES string of the molecule is CC(=O)N(C(=O)CCc1ccccc1)[C@](CCCN=C(N)N)(NCc1cc(Cl)cc(Cl)c1)C(=O)O. The summed E-state index contributed by atoms with van der Waals surface area (Å²) in [7, 11) is 0. The number of guanidine groups is 1. The second kappa shape index (κ2) is 13.1. The van der Waals surface area contributed by atoms with E-state index >= 15 is 0 Å². The molecule has 0 aliphatic carbocycles. The third-order valence-electron chi connectivity index (χ3n) is 5.27. The van der Waals surface area contributed by atoms with E-state index in [4.69, 9.17) is 34.7 Å². The van der Waals surface area contributed by atoms with Gasteiger partial charge in [0.25, 0.3) is 0 Å². The number of nitrogens with two attached hydrogens (primary N) is 2. The maximum absolute atomic E-state index is 13.3. The van der Waals surface area contributed by atoms with Crippen LogP contribution in [0.5, 0.6) is 0 Å². The van der Waals surface area contributed by atoms with Crippen molar-refractivity contribution in [2.24, 2.45) is 16.5 Å². The summed E-state index contributed by atoms with van der Waals surface area (Å²) in [4.78, 5) is 43.3. The topological polar surface area (TPSA) is 151 Å². The number of imide groups is 1. The van der Waals surface area contributed by atoms with Crippen LogP contribution in [0.15, 0.2) is 53.5 Å². The maximum atomic E-state index is 13.3. The van der Waals surface area contributed by atoms with Crippen molar-refractivity contribution < 1.29 is 19.5 Å². The molecule has 2 rings (SSSR count). The fourth-order valence-electron chi connectivity index (χ4n) is 3.73. The summed E-state index contributed by atoms with van der Waals surface area (Å²) >= 11 is 12.1. The van der Waals surface area contributed by atoms with Crippen LogP contribution in [0.25, 0.3) is 0 Å². The monoisotopic (exact) mass is 521 g/mol. The predicted molar refractivity (Wildman–Crippen MR) is 136 cm³/mol. The molecule has 0 unspecified atom stereocenters. The first kappa shape index (κ1) is 28.1. The normalized spacial score (nSPS) is 12.4.